The molecule has 88 valence electrons. The third kappa shape index (κ3) is 2.32. The molecule has 1 heterocycles. The van der Waals surface area contributed by atoms with Crippen LogP contribution >= 0.6 is 0 Å². The summed E-state index contributed by atoms with van der Waals surface area (Å²) in [6.45, 7) is 4.75. The summed E-state index contributed by atoms with van der Waals surface area (Å²) in [4.78, 5) is 0. The lowest BCUT2D eigenvalue weighted by atomic mass is 10.1. The molecule has 0 aliphatic heterocycles. The lowest BCUT2D eigenvalue weighted by Crippen LogP contribution is -1.87. The Hall–Kier alpha value is -1.80. The van der Waals surface area contributed by atoms with Crippen LogP contribution in [0.4, 0.5) is 0 Å². The summed E-state index contributed by atoms with van der Waals surface area (Å²) in [7, 11) is 0. The molecule has 0 amide bonds. The first-order valence-electron chi connectivity index (χ1n) is 5.84. The second-order valence-corrected chi connectivity index (χ2v) is 4.01. The van der Waals surface area contributed by atoms with Gasteiger partial charge in [-0.25, -0.2) is 0 Å². The Bertz CT molecular complexity index is 625. The molecular weight excluding hydrogens is 210 g/mol. The molecule has 1 aromatic heterocycles. The zero-order valence-corrected chi connectivity index (χ0v) is 10.2. The number of para-hydroxylation sites is 1. The number of furan rings is 1. The number of benzene rings is 2. The summed E-state index contributed by atoms with van der Waals surface area (Å²) >= 11 is 0. The molecule has 0 unspecified atom stereocenters. The summed E-state index contributed by atoms with van der Waals surface area (Å²) < 4.78 is 5.71. The number of hydrogen-bond acceptors (Lipinski definition) is 2. The summed E-state index contributed by atoms with van der Waals surface area (Å²) in [5.74, 6) is 0. The third-order valence-corrected chi connectivity index (χ3v) is 2.53. The minimum Gasteiger partial charge on any atom is -0.456 e. The van der Waals surface area contributed by atoms with E-state index >= 15 is 0 Å². The van der Waals surface area contributed by atoms with Gasteiger partial charge in [0.2, 0.25) is 0 Å². The van der Waals surface area contributed by atoms with Crippen molar-refractivity contribution in [2.24, 2.45) is 5.73 Å². The predicted molar refractivity (Wildman–Crippen MR) is 73.2 cm³/mol. The maximum absolute atomic E-state index is 5.71. The molecule has 0 aliphatic rings. The summed E-state index contributed by atoms with van der Waals surface area (Å²) in [6.07, 6.45) is 0. The average molecular weight is 227 g/mol. The molecule has 0 atom stereocenters. The first-order valence-corrected chi connectivity index (χ1v) is 5.84. The fourth-order valence-electron chi connectivity index (χ4n) is 1.84. The van der Waals surface area contributed by atoms with Gasteiger partial charge in [0.15, 0.2) is 0 Å². The molecule has 0 aliphatic carbocycles. The van der Waals surface area contributed by atoms with Crippen LogP contribution in [0.25, 0.3) is 21.9 Å². The minimum absolute atomic E-state index is 0.750. The standard InChI is InChI=1S/C13H10O.C2H7N/c1-9-6-7-13-11(8-9)10-4-2-3-5-12(10)14-13;1-2-3/h2-8H,1H3;2-3H2,1H3. The van der Waals surface area contributed by atoms with E-state index in [-0.39, 0.29) is 0 Å². The zero-order valence-electron chi connectivity index (χ0n) is 10.2. The predicted octanol–water partition coefficient (Wildman–Crippen LogP) is 3.86. The van der Waals surface area contributed by atoms with Crippen LogP contribution in [0.2, 0.25) is 0 Å². The maximum atomic E-state index is 5.71. The van der Waals surface area contributed by atoms with Crippen molar-refractivity contribution in [2.45, 2.75) is 13.8 Å². The van der Waals surface area contributed by atoms with Crippen molar-refractivity contribution in [1.82, 2.24) is 0 Å². The summed E-state index contributed by atoms with van der Waals surface area (Å²) in [6, 6.07) is 14.4. The number of rotatable bonds is 0. The molecule has 2 nitrogen and oxygen atoms in total. The van der Waals surface area contributed by atoms with E-state index in [0.717, 1.165) is 17.7 Å². The highest BCUT2D eigenvalue weighted by Gasteiger charge is 2.04. The summed E-state index contributed by atoms with van der Waals surface area (Å²) in [5, 5.41) is 2.41. The molecule has 2 N–H and O–H groups in total. The molecule has 0 radical (unpaired) electrons. The lowest BCUT2D eigenvalue weighted by Gasteiger charge is -1.90. The Balaban J connectivity index is 0.000000329. The van der Waals surface area contributed by atoms with Gasteiger partial charge in [0.1, 0.15) is 11.2 Å². The van der Waals surface area contributed by atoms with E-state index in [2.05, 4.69) is 25.1 Å². The Morgan fingerprint density at radius 3 is 2.41 bits per heavy atom. The van der Waals surface area contributed by atoms with E-state index in [1.807, 2.05) is 31.2 Å². The highest BCUT2D eigenvalue weighted by Crippen LogP contribution is 2.28. The van der Waals surface area contributed by atoms with Crippen molar-refractivity contribution >= 4 is 21.9 Å². The van der Waals surface area contributed by atoms with E-state index in [1.165, 1.54) is 16.3 Å². The number of nitrogens with two attached hydrogens (primary N) is 1. The molecule has 3 aromatic rings. The van der Waals surface area contributed by atoms with E-state index in [0.29, 0.717) is 0 Å². The third-order valence-electron chi connectivity index (χ3n) is 2.53. The van der Waals surface area contributed by atoms with Crippen molar-refractivity contribution < 1.29 is 4.42 Å². The Kier molecular flexibility index (Phi) is 3.45. The molecule has 0 fully saturated rings. The van der Waals surface area contributed by atoms with E-state index in [9.17, 15) is 0 Å². The Morgan fingerprint density at radius 1 is 1.00 bits per heavy atom. The van der Waals surface area contributed by atoms with Crippen LogP contribution in [0.3, 0.4) is 0 Å². The van der Waals surface area contributed by atoms with E-state index in [4.69, 9.17) is 10.2 Å². The molecule has 0 saturated heterocycles. The highest BCUT2D eigenvalue weighted by molar-refractivity contribution is 6.04. The normalized spacial score (nSPS) is 10.3. The van der Waals surface area contributed by atoms with Gasteiger partial charge in [0, 0.05) is 10.8 Å². The molecule has 0 saturated carbocycles. The lowest BCUT2D eigenvalue weighted by molar-refractivity contribution is 0.669. The Morgan fingerprint density at radius 2 is 1.65 bits per heavy atom. The second-order valence-electron chi connectivity index (χ2n) is 4.01. The second kappa shape index (κ2) is 5.02. The van der Waals surface area contributed by atoms with Crippen molar-refractivity contribution in [3.8, 4) is 0 Å². The monoisotopic (exact) mass is 227 g/mol. The first kappa shape index (κ1) is 11.7. The molecule has 0 spiro atoms. The van der Waals surface area contributed by atoms with Crippen LogP contribution in [0.5, 0.6) is 0 Å². The van der Waals surface area contributed by atoms with Crippen molar-refractivity contribution in [3.05, 3.63) is 48.0 Å². The minimum atomic E-state index is 0.750. The Labute approximate surface area is 101 Å². The maximum Gasteiger partial charge on any atom is 0.135 e. The molecule has 2 heteroatoms. The van der Waals surface area contributed by atoms with Gasteiger partial charge in [-0.2, -0.15) is 0 Å². The van der Waals surface area contributed by atoms with Crippen LogP contribution in [0.15, 0.2) is 46.9 Å². The van der Waals surface area contributed by atoms with Gasteiger partial charge in [-0.15, -0.1) is 0 Å². The van der Waals surface area contributed by atoms with Crippen LogP contribution < -0.4 is 5.73 Å². The van der Waals surface area contributed by atoms with Crippen molar-refractivity contribution in [2.75, 3.05) is 6.54 Å². The van der Waals surface area contributed by atoms with Gasteiger partial charge >= 0.3 is 0 Å². The smallest absolute Gasteiger partial charge is 0.135 e. The van der Waals surface area contributed by atoms with Gasteiger partial charge < -0.3 is 10.2 Å². The van der Waals surface area contributed by atoms with Crippen LogP contribution in [0, 0.1) is 6.92 Å². The topological polar surface area (TPSA) is 39.2 Å². The highest BCUT2D eigenvalue weighted by atomic mass is 16.3. The fraction of sp³-hybridized carbons (Fsp3) is 0.200. The largest absolute Gasteiger partial charge is 0.456 e. The molecular formula is C15H17NO. The fourth-order valence-corrected chi connectivity index (χ4v) is 1.84. The number of hydrogen-bond donors (Lipinski definition) is 1. The van der Waals surface area contributed by atoms with Crippen molar-refractivity contribution in [3.63, 3.8) is 0 Å². The zero-order chi connectivity index (χ0) is 12.3. The van der Waals surface area contributed by atoms with Crippen LogP contribution in [0.1, 0.15) is 12.5 Å². The van der Waals surface area contributed by atoms with Gasteiger partial charge in [-0.1, -0.05) is 36.8 Å². The SMILES string of the molecule is CCN.Cc1ccc2oc3ccccc3c2c1. The van der Waals surface area contributed by atoms with E-state index < -0.39 is 0 Å². The number of fused-ring (bicyclic) bond motifs is 3. The van der Waals surface area contributed by atoms with Crippen molar-refractivity contribution in [1.29, 1.82) is 0 Å². The van der Waals surface area contributed by atoms with Gasteiger partial charge in [0.25, 0.3) is 0 Å². The molecule has 0 bridgehead atoms. The molecule has 3 rings (SSSR count). The van der Waals surface area contributed by atoms with Gasteiger partial charge in [0.05, 0.1) is 0 Å². The number of aryl methyl sites for hydroxylation is 1. The van der Waals surface area contributed by atoms with Crippen LogP contribution in [-0.2, 0) is 0 Å². The van der Waals surface area contributed by atoms with Crippen LogP contribution in [-0.4, -0.2) is 6.54 Å². The average Bonchev–Trinajstić information content (AvgIpc) is 2.68. The summed E-state index contributed by atoms with van der Waals surface area (Å²) in [5.41, 5.74) is 8.05. The quantitative estimate of drug-likeness (QED) is 0.633. The van der Waals surface area contributed by atoms with Gasteiger partial charge in [-0.3, -0.25) is 0 Å². The molecule has 2 aromatic carbocycles. The molecule has 17 heavy (non-hydrogen) atoms. The van der Waals surface area contributed by atoms with E-state index in [1.54, 1.807) is 0 Å². The first-order chi connectivity index (χ1) is 8.26. The van der Waals surface area contributed by atoms with Gasteiger partial charge in [-0.05, 0) is 31.7 Å².